The van der Waals surface area contributed by atoms with Crippen molar-refractivity contribution in [2.24, 2.45) is 4.99 Å². The largest absolute Gasteiger partial charge is 0.490 e. The molecule has 0 aliphatic rings. The van der Waals surface area contributed by atoms with Crippen LogP contribution in [0.1, 0.15) is 37.7 Å². The number of guanidine groups is 1. The summed E-state index contributed by atoms with van der Waals surface area (Å²) in [6.45, 7) is 10.1. The van der Waals surface area contributed by atoms with Gasteiger partial charge in [-0.05, 0) is 50.5 Å². The summed E-state index contributed by atoms with van der Waals surface area (Å²) < 4.78 is 13.5. The first-order chi connectivity index (χ1) is 16.2. The number of imidazole rings is 1. The molecule has 7 heteroatoms. The van der Waals surface area contributed by atoms with Crippen LogP contribution in [0.25, 0.3) is 0 Å². The lowest BCUT2D eigenvalue weighted by Crippen LogP contribution is -2.38. The van der Waals surface area contributed by atoms with Gasteiger partial charge in [-0.1, -0.05) is 36.4 Å². The van der Waals surface area contributed by atoms with Gasteiger partial charge >= 0.3 is 0 Å². The van der Waals surface area contributed by atoms with Gasteiger partial charge in [-0.2, -0.15) is 0 Å². The molecule has 2 N–H and O–H groups in total. The Bertz CT molecular complexity index is 1000. The van der Waals surface area contributed by atoms with Gasteiger partial charge in [-0.3, -0.25) is 0 Å². The highest BCUT2D eigenvalue weighted by molar-refractivity contribution is 5.79. The number of aliphatic imine (C=N–C) groups is 1. The molecule has 0 amide bonds. The number of hydrogen-bond donors (Lipinski definition) is 2. The van der Waals surface area contributed by atoms with Crippen molar-refractivity contribution in [3.63, 3.8) is 0 Å². The quantitative estimate of drug-likeness (QED) is 0.323. The van der Waals surface area contributed by atoms with Crippen LogP contribution in [0.15, 0.2) is 65.9 Å². The summed E-state index contributed by atoms with van der Waals surface area (Å²) in [5.41, 5.74) is 2.43. The summed E-state index contributed by atoms with van der Waals surface area (Å²) in [7, 11) is 0. The smallest absolute Gasteiger partial charge is 0.191 e. The van der Waals surface area contributed by atoms with Crippen LogP contribution in [-0.2, 0) is 19.5 Å². The Morgan fingerprint density at radius 1 is 0.939 bits per heavy atom. The van der Waals surface area contributed by atoms with Gasteiger partial charge in [-0.15, -0.1) is 0 Å². The van der Waals surface area contributed by atoms with Gasteiger partial charge in [-0.25, -0.2) is 9.98 Å². The summed E-state index contributed by atoms with van der Waals surface area (Å²) >= 11 is 0. The van der Waals surface area contributed by atoms with Crippen LogP contribution in [0.4, 0.5) is 0 Å². The lowest BCUT2D eigenvalue weighted by atomic mass is 10.1. The number of rotatable bonds is 12. The van der Waals surface area contributed by atoms with E-state index >= 15 is 0 Å². The molecule has 33 heavy (non-hydrogen) atoms. The number of nitrogens with zero attached hydrogens (tertiary/aromatic N) is 3. The summed E-state index contributed by atoms with van der Waals surface area (Å²) in [5, 5.41) is 6.74. The maximum absolute atomic E-state index is 5.74. The maximum atomic E-state index is 5.74. The Morgan fingerprint density at radius 2 is 1.73 bits per heavy atom. The second-order valence-electron chi connectivity index (χ2n) is 7.48. The molecule has 0 saturated carbocycles. The van der Waals surface area contributed by atoms with Crippen LogP contribution >= 0.6 is 0 Å². The fraction of sp³-hybridized carbons (Fsp3) is 0.385. The normalized spacial score (nSPS) is 11.3. The van der Waals surface area contributed by atoms with E-state index in [9.17, 15) is 0 Å². The minimum absolute atomic E-state index is 0.507. The zero-order valence-corrected chi connectivity index (χ0v) is 19.9. The van der Waals surface area contributed by atoms with E-state index in [-0.39, 0.29) is 0 Å². The molecule has 2 aromatic carbocycles. The van der Waals surface area contributed by atoms with Gasteiger partial charge in [0.15, 0.2) is 17.5 Å². The van der Waals surface area contributed by atoms with E-state index < -0.39 is 0 Å². The third-order valence-corrected chi connectivity index (χ3v) is 5.03. The lowest BCUT2D eigenvalue weighted by Gasteiger charge is -2.14. The summed E-state index contributed by atoms with van der Waals surface area (Å²) in [6, 6.07) is 16.5. The zero-order valence-electron chi connectivity index (χ0n) is 19.9. The Morgan fingerprint density at radius 3 is 2.48 bits per heavy atom. The second-order valence-corrected chi connectivity index (χ2v) is 7.48. The molecule has 0 bridgehead atoms. The van der Waals surface area contributed by atoms with Crippen molar-refractivity contribution in [1.82, 2.24) is 20.2 Å². The van der Waals surface area contributed by atoms with Crippen molar-refractivity contribution in [2.45, 2.75) is 40.3 Å². The predicted octanol–water partition coefficient (Wildman–Crippen LogP) is 4.03. The van der Waals surface area contributed by atoms with E-state index in [1.165, 1.54) is 11.1 Å². The van der Waals surface area contributed by atoms with Crippen LogP contribution in [0.5, 0.6) is 11.5 Å². The standard InChI is InChI=1S/C26H35N5O2/c1-4-27-26(29-15-14-21-12-13-23(32-5-2)24(18-21)33-6-3)30-19-25-28-16-17-31(25)20-22-10-8-7-9-11-22/h7-13,16-18H,4-6,14-15,19-20H2,1-3H3,(H2,27,29,30). The number of aromatic nitrogens is 2. The van der Waals surface area contributed by atoms with Crippen molar-refractivity contribution >= 4 is 5.96 Å². The predicted molar refractivity (Wildman–Crippen MR) is 133 cm³/mol. The van der Waals surface area contributed by atoms with E-state index in [0.29, 0.717) is 19.8 Å². The molecule has 0 unspecified atom stereocenters. The molecule has 1 aromatic heterocycles. The second kappa shape index (κ2) is 13.2. The first-order valence-corrected chi connectivity index (χ1v) is 11.7. The minimum atomic E-state index is 0.507. The molecule has 0 aliphatic heterocycles. The number of hydrogen-bond acceptors (Lipinski definition) is 4. The first kappa shape index (κ1) is 24.2. The molecular weight excluding hydrogens is 414 g/mol. The highest BCUT2D eigenvalue weighted by Gasteiger charge is 2.07. The minimum Gasteiger partial charge on any atom is -0.490 e. The van der Waals surface area contributed by atoms with E-state index in [1.54, 1.807) is 0 Å². The molecule has 0 aliphatic carbocycles. The number of benzene rings is 2. The Balaban J connectivity index is 1.58. The van der Waals surface area contributed by atoms with Gasteiger partial charge in [0.1, 0.15) is 12.4 Å². The molecule has 0 atom stereocenters. The molecule has 0 spiro atoms. The fourth-order valence-corrected chi connectivity index (χ4v) is 3.48. The van der Waals surface area contributed by atoms with E-state index in [1.807, 2.05) is 38.4 Å². The molecule has 0 saturated heterocycles. The molecule has 1 heterocycles. The molecular formula is C26H35N5O2. The zero-order chi connectivity index (χ0) is 23.3. The summed E-state index contributed by atoms with van der Waals surface area (Å²) in [4.78, 5) is 9.24. The SMILES string of the molecule is CCNC(=NCc1nccn1Cc1ccccc1)NCCc1ccc(OCC)c(OCC)c1. The molecule has 3 rings (SSSR count). The van der Waals surface area contributed by atoms with Gasteiger partial charge in [0.25, 0.3) is 0 Å². The van der Waals surface area contributed by atoms with Crippen LogP contribution in [0, 0.1) is 0 Å². The van der Waals surface area contributed by atoms with Gasteiger partial charge in [0.2, 0.25) is 0 Å². The molecule has 0 radical (unpaired) electrons. The molecule has 3 aromatic rings. The Hall–Kier alpha value is -3.48. The van der Waals surface area contributed by atoms with E-state index in [2.05, 4.69) is 63.5 Å². The average Bonchev–Trinajstić information content (AvgIpc) is 3.27. The molecule has 7 nitrogen and oxygen atoms in total. The van der Waals surface area contributed by atoms with Crippen LogP contribution in [-0.4, -0.2) is 41.8 Å². The summed E-state index contributed by atoms with van der Waals surface area (Å²) in [5.74, 6) is 3.30. The van der Waals surface area contributed by atoms with Gasteiger partial charge < -0.3 is 24.7 Å². The topological polar surface area (TPSA) is 72.7 Å². The Kier molecular flexibility index (Phi) is 9.63. The Labute approximate surface area is 196 Å². The van der Waals surface area contributed by atoms with Gasteiger partial charge in [0, 0.05) is 32.0 Å². The van der Waals surface area contributed by atoms with Crippen molar-refractivity contribution in [2.75, 3.05) is 26.3 Å². The highest BCUT2D eigenvalue weighted by atomic mass is 16.5. The van der Waals surface area contributed by atoms with Crippen LogP contribution in [0.3, 0.4) is 0 Å². The van der Waals surface area contributed by atoms with Crippen molar-refractivity contribution in [1.29, 1.82) is 0 Å². The van der Waals surface area contributed by atoms with Gasteiger partial charge in [0.05, 0.1) is 13.2 Å². The third-order valence-electron chi connectivity index (χ3n) is 5.03. The number of ether oxygens (including phenoxy) is 2. The summed E-state index contributed by atoms with van der Waals surface area (Å²) in [6.07, 6.45) is 4.68. The van der Waals surface area contributed by atoms with E-state index in [4.69, 9.17) is 14.5 Å². The van der Waals surface area contributed by atoms with E-state index in [0.717, 1.165) is 49.3 Å². The monoisotopic (exact) mass is 449 g/mol. The maximum Gasteiger partial charge on any atom is 0.191 e. The average molecular weight is 450 g/mol. The fourth-order valence-electron chi connectivity index (χ4n) is 3.48. The van der Waals surface area contributed by atoms with Crippen molar-refractivity contribution < 1.29 is 9.47 Å². The first-order valence-electron chi connectivity index (χ1n) is 11.7. The highest BCUT2D eigenvalue weighted by Crippen LogP contribution is 2.28. The van der Waals surface area contributed by atoms with Crippen molar-refractivity contribution in [3.8, 4) is 11.5 Å². The van der Waals surface area contributed by atoms with Crippen molar-refractivity contribution in [3.05, 3.63) is 77.9 Å². The third kappa shape index (κ3) is 7.56. The van der Waals surface area contributed by atoms with Crippen LogP contribution < -0.4 is 20.1 Å². The lowest BCUT2D eigenvalue weighted by molar-refractivity contribution is 0.287. The molecule has 0 fully saturated rings. The van der Waals surface area contributed by atoms with Crippen LogP contribution in [0.2, 0.25) is 0 Å². The number of nitrogens with one attached hydrogen (secondary N) is 2. The molecule has 176 valence electrons.